The number of carbonyl (C=O) groups excluding carboxylic acids is 1. The highest BCUT2D eigenvalue weighted by molar-refractivity contribution is 7.09. The van der Waals surface area contributed by atoms with Gasteiger partial charge in [0.25, 0.3) is 5.91 Å². The Hall–Kier alpha value is -1.10. The summed E-state index contributed by atoms with van der Waals surface area (Å²) in [5.41, 5.74) is 2.00. The van der Waals surface area contributed by atoms with Gasteiger partial charge in [-0.05, 0) is 34.6 Å². The first-order chi connectivity index (χ1) is 9.29. The molecule has 0 atom stereocenters. The average Bonchev–Trinajstić information content (AvgIpc) is 2.69. The van der Waals surface area contributed by atoms with E-state index in [2.05, 4.69) is 30.5 Å². The van der Waals surface area contributed by atoms with Crippen molar-refractivity contribution in [1.82, 2.24) is 4.37 Å². The zero-order valence-corrected chi connectivity index (χ0v) is 13.7. The SMILES string of the molecule is CC(C)(C)c1ccc(NC(=O)c2snc(Cl)c2Cl)cc1. The standard InChI is InChI=1S/C14H14Cl2N2OS/c1-14(2,3)8-4-6-9(7-5-8)17-13(19)11-10(15)12(16)18-20-11/h4-7H,1-3H3,(H,17,19). The Bertz CT molecular complexity index is 630. The predicted octanol–water partition coefficient (Wildman–Crippen LogP) is 5.00. The van der Waals surface area contributed by atoms with E-state index in [1.54, 1.807) is 0 Å². The molecule has 0 radical (unpaired) electrons. The molecule has 1 heterocycles. The molecule has 0 saturated heterocycles. The van der Waals surface area contributed by atoms with Crippen molar-refractivity contribution >= 4 is 46.3 Å². The van der Waals surface area contributed by atoms with Gasteiger partial charge in [0.2, 0.25) is 0 Å². The largest absolute Gasteiger partial charge is 0.321 e. The van der Waals surface area contributed by atoms with Crippen LogP contribution in [0.4, 0.5) is 5.69 Å². The fraction of sp³-hybridized carbons (Fsp3) is 0.286. The first kappa shape index (κ1) is 15.3. The lowest BCUT2D eigenvalue weighted by molar-refractivity contribution is 0.103. The van der Waals surface area contributed by atoms with Crippen LogP contribution in [0.15, 0.2) is 24.3 Å². The number of aromatic nitrogens is 1. The summed E-state index contributed by atoms with van der Waals surface area (Å²) in [4.78, 5) is 12.4. The molecule has 0 bridgehead atoms. The summed E-state index contributed by atoms with van der Waals surface area (Å²) in [6.45, 7) is 6.42. The molecule has 0 unspecified atom stereocenters. The molecule has 0 aliphatic rings. The third-order valence-electron chi connectivity index (χ3n) is 2.81. The molecule has 1 N–H and O–H groups in total. The topological polar surface area (TPSA) is 42.0 Å². The molecule has 0 spiro atoms. The highest BCUT2D eigenvalue weighted by Gasteiger charge is 2.18. The summed E-state index contributed by atoms with van der Waals surface area (Å²) in [5, 5.41) is 3.13. The van der Waals surface area contributed by atoms with Crippen LogP contribution in [0.5, 0.6) is 0 Å². The maximum absolute atomic E-state index is 12.0. The van der Waals surface area contributed by atoms with Crippen molar-refractivity contribution in [3.05, 3.63) is 44.9 Å². The van der Waals surface area contributed by atoms with E-state index < -0.39 is 0 Å². The molecule has 20 heavy (non-hydrogen) atoms. The Labute approximate surface area is 132 Å². The molecule has 0 saturated carbocycles. The van der Waals surface area contributed by atoms with Crippen molar-refractivity contribution in [1.29, 1.82) is 0 Å². The van der Waals surface area contributed by atoms with Crippen molar-refractivity contribution in [3.63, 3.8) is 0 Å². The lowest BCUT2D eigenvalue weighted by Gasteiger charge is -2.19. The fourth-order valence-corrected chi connectivity index (χ4v) is 2.75. The molecule has 106 valence electrons. The molecule has 2 aromatic rings. The van der Waals surface area contributed by atoms with Gasteiger partial charge < -0.3 is 5.32 Å². The van der Waals surface area contributed by atoms with Crippen LogP contribution in [0, 0.1) is 0 Å². The van der Waals surface area contributed by atoms with Crippen LogP contribution in [-0.4, -0.2) is 10.3 Å². The molecule has 2 rings (SSSR count). The number of benzene rings is 1. The molecule has 3 nitrogen and oxygen atoms in total. The number of amides is 1. The van der Waals surface area contributed by atoms with Gasteiger partial charge >= 0.3 is 0 Å². The number of hydrogen-bond donors (Lipinski definition) is 1. The smallest absolute Gasteiger partial charge is 0.268 e. The van der Waals surface area contributed by atoms with Gasteiger partial charge in [-0.2, -0.15) is 4.37 Å². The van der Waals surface area contributed by atoms with Crippen molar-refractivity contribution in [2.75, 3.05) is 5.32 Å². The zero-order valence-electron chi connectivity index (χ0n) is 11.3. The first-order valence-corrected chi connectivity index (χ1v) is 7.54. The summed E-state index contributed by atoms with van der Waals surface area (Å²) in [6.07, 6.45) is 0. The van der Waals surface area contributed by atoms with Crippen LogP contribution >= 0.6 is 34.7 Å². The number of carbonyl (C=O) groups is 1. The van der Waals surface area contributed by atoms with E-state index in [0.29, 0.717) is 10.6 Å². The molecule has 0 fully saturated rings. The maximum Gasteiger partial charge on any atom is 0.268 e. The molecule has 1 aromatic carbocycles. The van der Waals surface area contributed by atoms with E-state index in [1.165, 1.54) is 5.56 Å². The number of nitrogens with zero attached hydrogens (tertiary/aromatic N) is 1. The van der Waals surface area contributed by atoms with Gasteiger partial charge in [-0.15, -0.1) is 0 Å². The summed E-state index contributed by atoms with van der Waals surface area (Å²) < 4.78 is 3.84. The van der Waals surface area contributed by atoms with Gasteiger partial charge in [-0.25, -0.2) is 0 Å². The van der Waals surface area contributed by atoms with E-state index in [0.717, 1.165) is 11.5 Å². The quantitative estimate of drug-likeness (QED) is 0.842. The second-order valence-electron chi connectivity index (χ2n) is 5.40. The fourth-order valence-electron chi connectivity index (χ4n) is 1.64. The van der Waals surface area contributed by atoms with E-state index in [-0.39, 0.29) is 21.5 Å². The van der Waals surface area contributed by atoms with E-state index >= 15 is 0 Å². The van der Waals surface area contributed by atoms with Crippen LogP contribution in [-0.2, 0) is 5.41 Å². The number of anilines is 1. The Morgan fingerprint density at radius 1 is 1.20 bits per heavy atom. The highest BCUT2D eigenvalue weighted by Crippen LogP contribution is 2.29. The number of hydrogen-bond acceptors (Lipinski definition) is 3. The van der Waals surface area contributed by atoms with Crippen LogP contribution < -0.4 is 5.32 Å². The van der Waals surface area contributed by atoms with Gasteiger partial charge in [0.1, 0.15) is 9.90 Å². The molecular formula is C14H14Cl2N2OS. The Morgan fingerprint density at radius 2 is 1.80 bits per heavy atom. The molecule has 1 aromatic heterocycles. The second-order valence-corrected chi connectivity index (χ2v) is 6.91. The summed E-state index contributed by atoms with van der Waals surface area (Å²) in [5.74, 6) is -0.303. The van der Waals surface area contributed by atoms with E-state index in [4.69, 9.17) is 23.2 Å². The monoisotopic (exact) mass is 328 g/mol. The minimum atomic E-state index is -0.303. The van der Waals surface area contributed by atoms with Gasteiger partial charge in [-0.1, -0.05) is 56.1 Å². The maximum atomic E-state index is 12.0. The van der Waals surface area contributed by atoms with E-state index in [1.807, 2.05) is 24.3 Å². The van der Waals surface area contributed by atoms with Gasteiger partial charge in [0.15, 0.2) is 5.15 Å². The van der Waals surface area contributed by atoms with Crippen molar-refractivity contribution < 1.29 is 4.79 Å². The lowest BCUT2D eigenvalue weighted by Crippen LogP contribution is -2.13. The number of rotatable bonds is 2. The predicted molar refractivity (Wildman–Crippen MR) is 85.2 cm³/mol. The first-order valence-electron chi connectivity index (χ1n) is 6.01. The third kappa shape index (κ3) is 3.32. The molecule has 6 heteroatoms. The Kier molecular flexibility index (Phi) is 4.37. The Morgan fingerprint density at radius 3 is 2.25 bits per heavy atom. The van der Waals surface area contributed by atoms with Crippen LogP contribution in [0.2, 0.25) is 10.2 Å². The van der Waals surface area contributed by atoms with Gasteiger partial charge in [0, 0.05) is 5.69 Å². The molecule has 1 amide bonds. The van der Waals surface area contributed by atoms with Gasteiger partial charge in [-0.3, -0.25) is 4.79 Å². The second kappa shape index (κ2) is 5.72. The van der Waals surface area contributed by atoms with Crippen molar-refractivity contribution in [2.24, 2.45) is 0 Å². The molecule has 0 aliphatic heterocycles. The Balaban J connectivity index is 2.15. The summed E-state index contributed by atoms with van der Waals surface area (Å²) in [7, 11) is 0. The van der Waals surface area contributed by atoms with Crippen LogP contribution in [0.3, 0.4) is 0 Å². The third-order valence-corrected chi connectivity index (χ3v) is 4.61. The highest BCUT2D eigenvalue weighted by atomic mass is 35.5. The minimum Gasteiger partial charge on any atom is -0.321 e. The lowest BCUT2D eigenvalue weighted by atomic mass is 9.87. The van der Waals surface area contributed by atoms with Crippen LogP contribution in [0.1, 0.15) is 36.0 Å². The minimum absolute atomic E-state index is 0.0804. The van der Waals surface area contributed by atoms with Crippen molar-refractivity contribution in [3.8, 4) is 0 Å². The van der Waals surface area contributed by atoms with E-state index in [9.17, 15) is 4.79 Å². The summed E-state index contributed by atoms with van der Waals surface area (Å²) in [6, 6.07) is 7.73. The van der Waals surface area contributed by atoms with Crippen molar-refractivity contribution in [2.45, 2.75) is 26.2 Å². The number of nitrogens with one attached hydrogen (secondary N) is 1. The summed E-state index contributed by atoms with van der Waals surface area (Å²) >= 11 is 12.6. The molecular weight excluding hydrogens is 315 g/mol. The van der Waals surface area contributed by atoms with Crippen LogP contribution in [0.25, 0.3) is 0 Å². The average molecular weight is 329 g/mol. The normalized spacial score (nSPS) is 11.4. The molecule has 0 aliphatic carbocycles. The number of halogens is 2. The van der Waals surface area contributed by atoms with Gasteiger partial charge in [0.05, 0.1) is 0 Å². The zero-order chi connectivity index (χ0) is 14.9.